The molecule has 0 atom stereocenters. The number of hydrogen-bond donors (Lipinski definition) is 2. The van der Waals surface area contributed by atoms with Crippen molar-refractivity contribution in [3.05, 3.63) is 70.0 Å². The molecule has 0 aliphatic rings. The highest BCUT2D eigenvalue weighted by atomic mass is 19.4. The first-order valence-electron chi connectivity index (χ1n) is 6.83. The summed E-state index contributed by atoms with van der Waals surface area (Å²) in [7, 11) is 0. The van der Waals surface area contributed by atoms with Crippen LogP contribution in [-0.4, -0.2) is 10.1 Å². The summed E-state index contributed by atoms with van der Waals surface area (Å²) in [6.07, 6.45) is -4.61. The third-order valence-corrected chi connectivity index (χ3v) is 3.62. The number of pyridine rings is 1. The fraction of sp³-hybridized carbons (Fsp3) is 0.118. The lowest BCUT2D eigenvalue weighted by Gasteiger charge is -2.11. The lowest BCUT2D eigenvalue weighted by molar-refractivity contribution is -0.136. The topological polar surface area (TPSA) is 53.1 Å². The van der Waals surface area contributed by atoms with Crippen molar-refractivity contribution in [3.63, 3.8) is 0 Å². The lowest BCUT2D eigenvalue weighted by Crippen LogP contribution is -2.13. The van der Waals surface area contributed by atoms with Crippen LogP contribution in [0.25, 0.3) is 22.0 Å². The van der Waals surface area contributed by atoms with Gasteiger partial charge in [0.05, 0.1) is 12.2 Å². The van der Waals surface area contributed by atoms with Gasteiger partial charge in [-0.3, -0.25) is 4.79 Å². The van der Waals surface area contributed by atoms with Crippen LogP contribution in [0.1, 0.15) is 11.1 Å². The molecule has 0 fully saturated rings. The molecule has 0 aliphatic carbocycles. The molecule has 3 aromatic rings. The van der Waals surface area contributed by atoms with Crippen molar-refractivity contribution in [2.75, 3.05) is 0 Å². The van der Waals surface area contributed by atoms with E-state index in [9.17, 15) is 18.0 Å². The van der Waals surface area contributed by atoms with Gasteiger partial charge in [0, 0.05) is 17.0 Å². The molecule has 0 aliphatic heterocycles. The highest BCUT2D eigenvalue weighted by molar-refractivity contribution is 5.87. The second kappa shape index (κ2) is 5.55. The summed E-state index contributed by atoms with van der Waals surface area (Å²) in [5.41, 5.74) is 0.438. The molecule has 0 saturated carbocycles. The van der Waals surface area contributed by atoms with Gasteiger partial charge in [-0.25, -0.2) is 0 Å². The van der Waals surface area contributed by atoms with E-state index in [1.807, 2.05) is 0 Å². The van der Waals surface area contributed by atoms with Gasteiger partial charge in [0.15, 0.2) is 0 Å². The zero-order chi connectivity index (χ0) is 16.6. The average molecular weight is 319 g/mol. The molecule has 0 bridgehead atoms. The SMILES string of the molecule is O=c1cc(C(F)(F)F)c2cc(-c3ccc(CO)cc3)ccc2[nH]1. The van der Waals surface area contributed by atoms with Gasteiger partial charge < -0.3 is 10.1 Å². The Hall–Kier alpha value is -2.60. The smallest absolute Gasteiger partial charge is 0.392 e. The number of aliphatic hydroxyl groups is 1. The number of benzene rings is 2. The van der Waals surface area contributed by atoms with Gasteiger partial charge in [0.1, 0.15) is 0 Å². The predicted molar refractivity (Wildman–Crippen MR) is 80.9 cm³/mol. The highest BCUT2D eigenvalue weighted by Crippen LogP contribution is 2.35. The highest BCUT2D eigenvalue weighted by Gasteiger charge is 2.33. The van der Waals surface area contributed by atoms with Gasteiger partial charge in [0.2, 0.25) is 5.56 Å². The zero-order valence-corrected chi connectivity index (χ0v) is 11.8. The summed E-state index contributed by atoms with van der Waals surface area (Å²) < 4.78 is 39.5. The van der Waals surface area contributed by atoms with Gasteiger partial charge >= 0.3 is 6.18 Å². The van der Waals surface area contributed by atoms with Crippen molar-refractivity contribution >= 4 is 10.9 Å². The molecule has 0 amide bonds. The van der Waals surface area contributed by atoms with E-state index in [2.05, 4.69) is 4.98 Å². The molecule has 0 radical (unpaired) electrons. The van der Waals surface area contributed by atoms with Crippen molar-refractivity contribution in [1.82, 2.24) is 4.98 Å². The third-order valence-electron chi connectivity index (χ3n) is 3.62. The molecular weight excluding hydrogens is 307 g/mol. The molecule has 23 heavy (non-hydrogen) atoms. The van der Waals surface area contributed by atoms with E-state index in [1.165, 1.54) is 12.1 Å². The first-order chi connectivity index (χ1) is 10.9. The van der Waals surface area contributed by atoms with Crippen LogP contribution < -0.4 is 5.56 Å². The molecule has 1 heterocycles. The van der Waals surface area contributed by atoms with Crippen LogP contribution in [0.5, 0.6) is 0 Å². The number of aliphatic hydroxyl groups excluding tert-OH is 1. The monoisotopic (exact) mass is 319 g/mol. The molecule has 118 valence electrons. The van der Waals surface area contributed by atoms with Gasteiger partial charge in [-0.15, -0.1) is 0 Å². The van der Waals surface area contributed by atoms with Crippen molar-refractivity contribution in [2.45, 2.75) is 12.8 Å². The van der Waals surface area contributed by atoms with E-state index < -0.39 is 17.3 Å². The number of halogens is 3. The Bertz CT molecular complexity index is 912. The Morgan fingerprint density at radius 3 is 2.22 bits per heavy atom. The molecule has 3 nitrogen and oxygen atoms in total. The van der Waals surface area contributed by atoms with E-state index in [4.69, 9.17) is 5.11 Å². The largest absolute Gasteiger partial charge is 0.417 e. The number of H-pyrrole nitrogens is 1. The quantitative estimate of drug-likeness (QED) is 0.756. The number of aromatic amines is 1. The number of hydrogen-bond acceptors (Lipinski definition) is 2. The van der Waals surface area contributed by atoms with Crippen LogP contribution in [0.2, 0.25) is 0 Å². The van der Waals surface area contributed by atoms with Gasteiger partial charge in [0.25, 0.3) is 0 Å². The molecular formula is C17H12F3NO2. The fourth-order valence-corrected chi connectivity index (χ4v) is 2.47. The normalized spacial score (nSPS) is 11.8. The Balaban J connectivity index is 2.21. The van der Waals surface area contributed by atoms with Gasteiger partial charge in [-0.1, -0.05) is 30.3 Å². The van der Waals surface area contributed by atoms with Crippen LogP contribution >= 0.6 is 0 Å². The second-order valence-corrected chi connectivity index (χ2v) is 5.16. The average Bonchev–Trinajstić information content (AvgIpc) is 2.53. The molecule has 0 spiro atoms. The maximum atomic E-state index is 13.2. The molecule has 0 saturated heterocycles. The van der Waals surface area contributed by atoms with Crippen molar-refractivity contribution in [3.8, 4) is 11.1 Å². The van der Waals surface area contributed by atoms with Crippen LogP contribution in [-0.2, 0) is 12.8 Å². The molecule has 6 heteroatoms. The maximum absolute atomic E-state index is 13.2. The second-order valence-electron chi connectivity index (χ2n) is 5.16. The maximum Gasteiger partial charge on any atom is 0.417 e. The van der Waals surface area contributed by atoms with Gasteiger partial charge in [-0.2, -0.15) is 13.2 Å². The Labute approximate surface area is 129 Å². The van der Waals surface area contributed by atoms with Crippen molar-refractivity contribution in [1.29, 1.82) is 0 Å². The van der Waals surface area contributed by atoms with E-state index in [-0.39, 0.29) is 17.5 Å². The minimum atomic E-state index is -4.61. The number of aromatic nitrogens is 1. The Morgan fingerprint density at radius 2 is 1.61 bits per heavy atom. The van der Waals surface area contributed by atoms with E-state index in [1.54, 1.807) is 30.3 Å². The molecule has 3 rings (SSSR count). The van der Waals surface area contributed by atoms with Crippen LogP contribution in [0, 0.1) is 0 Å². The van der Waals surface area contributed by atoms with E-state index in [0.29, 0.717) is 11.6 Å². The number of nitrogens with one attached hydrogen (secondary N) is 1. The summed E-state index contributed by atoms with van der Waals surface area (Å²) in [6, 6.07) is 11.9. The first-order valence-corrected chi connectivity index (χ1v) is 6.83. The third kappa shape index (κ3) is 2.98. The lowest BCUT2D eigenvalue weighted by atomic mass is 10.00. The number of fused-ring (bicyclic) bond motifs is 1. The standard InChI is InChI=1S/C17H12F3NO2/c18-17(19,20)14-8-16(23)21-15-6-5-12(7-13(14)15)11-3-1-10(9-22)2-4-11/h1-8,22H,9H2,(H,21,23). The molecule has 1 aromatic heterocycles. The van der Waals surface area contributed by atoms with Crippen LogP contribution in [0.4, 0.5) is 13.2 Å². The zero-order valence-electron chi connectivity index (χ0n) is 11.8. The summed E-state index contributed by atoms with van der Waals surface area (Å²) in [5.74, 6) is 0. The fourth-order valence-electron chi connectivity index (χ4n) is 2.47. The van der Waals surface area contributed by atoms with Gasteiger partial charge in [-0.05, 0) is 28.8 Å². The number of alkyl halides is 3. The minimum Gasteiger partial charge on any atom is -0.392 e. The summed E-state index contributed by atoms with van der Waals surface area (Å²) in [6.45, 7) is -0.0997. The van der Waals surface area contributed by atoms with Crippen LogP contribution in [0.15, 0.2) is 53.3 Å². The summed E-state index contributed by atoms with van der Waals surface area (Å²) in [4.78, 5) is 13.8. The van der Waals surface area contributed by atoms with Crippen molar-refractivity contribution in [2.24, 2.45) is 0 Å². The van der Waals surface area contributed by atoms with E-state index in [0.717, 1.165) is 11.1 Å². The summed E-state index contributed by atoms with van der Waals surface area (Å²) in [5, 5.41) is 8.98. The van der Waals surface area contributed by atoms with Crippen LogP contribution in [0.3, 0.4) is 0 Å². The first kappa shape index (κ1) is 15.3. The molecule has 0 unspecified atom stereocenters. The minimum absolute atomic E-state index is 0.0548. The molecule has 2 aromatic carbocycles. The van der Waals surface area contributed by atoms with E-state index >= 15 is 0 Å². The Kier molecular flexibility index (Phi) is 3.69. The molecule has 2 N–H and O–H groups in total. The Morgan fingerprint density at radius 1 is 0.957 bits per heavy atom. The number of rotatable bonds is 2. The summed E-state index contributed by atoms with van der Waals surface area (Å²) >= 11 is 0. The van der Waals surface area contributed by atoms with Crippen molar-refractivity contribution < 1.29 is 18.3 Å². The predicted octanol–water partition coefficient (Wildman–Crippen LogP) is 3.71.